The largest absolute Gasteiger partial charge is 0.453 e. The SMILES string of the molecule is CC(C)(C)OC(=O)N1CCC2(CC1)CC(n1cnc3ccc(Oc4c(F)ccc(NS(=O)(=O)C5CC5)c4C#N)cc3c1=O)C2. The molecule has 6 rings (SSSR count). The van der Waals surface area contributed by atoms with Crippen molar-refractivity contribution >= 4 is 32.7 Å². The molecule has 2 aromatic carbocycles. The van der Waals surface area contributed by atoms with Gasteiger partial charge < -0.3 is 14.4 Å². The molecule has 3 aliphatic rings. The number of benzene rings is 2. The maximum absolute atomic E-state index is 14.9. The van der Waals surface area contributed by atoms with E-state index in [1.54, 1.807) is 21.9 Å². The fourth-order valence-electron chi connectivity index (χ4n) is 6.06. The standard InChI is InChI=1S/C31H34FN5O6S/c1-30(2,3)43-29(39)36-12-10-31(11-13-36)15-19(16-31)37-18-34-25-8-4-20(14-22(25)28(37)38)42-27-23(17-33)26(9-7-24(27)32)35-44(40,41)21-5-6-21/h4,7-9,14,18-19,21,35H,5-6,10-13,15-16H2,1-3H3. The minimum absolute atomic E-state index is 0.0455. The van der Waals surface area contributed by atoms with Crippen LogP contribution < -0.4 is 15.0 Å². The van der Waals surface area contributed by atoms with Crippen molar-refractivity contribution < 1.29 is 27.1 Å². The van der Waals surface area contributed by atoms with E-state index >= 15 is 0 Å². The zero-order valence-corrected chi connectivity index (χ0v) is 25.6. The van der Waals surface area contributed by atoms with Gasteiger partial charge in [-0.05, 0) is 95.0 Å². The number of halogens is 1. The molecule has 0 atom stereocenters. The van der Waals surface area contributed by atoms with Gasteiger partial charge in [0.05, 0.1) is 28.2 Å². The Kier molecular flexibility index (Phi) is 7.31. The van der Waals surface area contributed by atoms with Crippen LogP contribution in [-0.2, 0) is 14.8 Å². The van der Waals surface area contributed by atoms with E-state index in [1.165, 1.54) is 18.2 Å². The molecule has 13 heteroatoms. The third-order valence-electron chi connectivity index (χ3n) is 8.62. The summed E-state index contributed by atoms with van der Waals surface area (Å²) in [7, 11) is -3.70. The Balaban J connectivity index is 1.19. The van der Waals surface area contributed by atoms with Crippen LogP contribution in [0.2, 0.25) is 0 Å². The number of hydrogen-bond acceptors (Lipinski definition) is 8. The molecule has 2 saturated carbocycles. The second-order valence-electron chi connectivity index (χ2n) is 13.0. The van der Waals surface area contributed by atoms with Gasteiger partial charge in [-0.15, -0.1) is 0 Å². The van der Waals surface area contributed by atoms with E-state index in [4.69, 9.17) is 9.47 Å². The normalized spacial score (nSPS) is 18.5. The maximum atomic E-state index is 14.9. The Bertz CT molecular complexity index is 1840. The van der Waals surface area contributed by atoms with Crippen molar-refractivity contribution in [2.75, 3.05) is 17.8 Å². The number of piperidine rings is 1. The number of nitriles is 1. The highest BCUT2D eigenvalue weighted by Gasteiger charge is 2.47. The number of carbonyl (C=O) groups excluding carboxylic acids is 1. The molecule has 2 aliphatic carbocycles. The lowest BCUT2D eigenvalue weighted by atomic mass is 9.60. The summed E-state index contributed by atoms with van der Waals surface area (Å²) < 4.78 is 55.0. The van der Waals surface area contributed by atoms with E-state index in [0.29, 0.717) is 31.4 Å². The molecule has 3 fully saturated rings. The predicted molar refractivity (Wildman–Crippen MR) is 161 cm³/mol. The van der Waals surface area contributed by atoms with Crippen LogP contribution in [0.25, 0.3) is 10.9 Å². The molecule has 0 bridgehead atoms. The molecule has 0 radical (unpaired) electrons. The second-order valence-corrected chi connectivity index (χ2v) is 15.0. The summed E-state index contributed by atoms with van der Waals surface area (Å²) in [5.74, 6) is -1.19. The lowest BCUT2D eigenvalue weighted by Crippen LogP contribution is -2.51. The van der Waals surface area contributed by atoms with Crippen LogP contribution in [0.1, 0.15) is 70.9 Å². The highest BCUT2D eigenvalue weighted by atomic mass is 32.2. The van der Waals surface area contributed by atoms with Crippen LogP contribution in [0.5, 0.6) is 11.5 Å². The van der Waals surface area contributed by atoms with E-state index in [-0.39, 0.29) is 45.5 Å². The van der Waals surface area contributed by atoms with Gasteiger partial charge in [-0.3, -0.25) is 14.1 Å². The Hall–Kier alpha value is -4.18. The molecule has 2 heterocycles. The smallest absolute Gasteiger partial charge is 0.410 e. The summed E-state index contributed by atoms with van der Waals surface area (Å²) in [4.78, 5) is 32.2. The van der Waals surface area contributed by atoms with Crippen molar-refractivity contribution in [3.05, 3.63) is 58.4 Å². The van der Waals surface area contributed by atoms with Gasteiger partial charge in [0.25, 0.3) is 5.56 Å². The number of likely N-dealkylation sites (tertiary alicyclic amines) is 1. The molecule has 1 aliphatic heterocycles. The first kappa shape index (κ1) is 29.9. The molecule has 232 valence electrons. The average molecular weight is 624 g/mol. The number of hydrogen-bond donors (Lipinski definition) is 1. The number of nitrogens with zero attached hydrogens (tertiary/aromatic N) is 4. The molecule has 11 nitrogen and oxygen atoms in total. The number of anilines is 1. The predicted octanol–water partition coefficient (Wildman–Crippen LogP) is 5.46. The zero-order valence-electron chi connectivity index (χ0n) is 24.8. The number of rotatable bonds is 6. The van der Waals surface area contributed by atoms with Crippen molar-refractivity contribution in [1.29, 1.82) is 5.26 Å². The highest BCUT2D eigenvalue weighted by Crippen LogP contribution is 2.54. The van der Waals surface area contributed by atoms with E-state index in [0.717, 1.165) is 31.7 Å². The first-order valence-electron chi connectivity index (χ1n) is 14.7. The first-order valence-corrected chi connectivity index (χ1v) is 16.2. The van der Waals surface area contributed by atoms with Crippen LogP contribution in [0.15, 0.2) is 41.5 Å². The van der Waals surface area contributed by atoms with E-state index < -0.39 is 32.4 Å². The van der Waals surface area contributed by atoms with E-state index in [2.05, 4.69) is 9.71 Å². The summed E-state index contributed by atoms with van der Waals surface area (Å²) in [6.07, 6.45) is 5.54. The molecule has 1 amide bonds. The summed E-state index contributed by atoms with van der Waals surface area (Å²) in [6.45, 7) is 6.76. The molecular weight excluding hydrogens is 589 g/mol. The van der Waals surface area contributed by atoms with Gasteiger partial charge in [0.15, 0.2) is 11.6 Å². The van der Waals surface area contributed by atoms with Crippen LogP contribution in [0.4, 0.5) is 14.9 Å². The number of nitrogens with one attached hydrogen (secondary N) is 1. The summed E-state index contributed by atoms with van der Waals surface area (Å²) in [6, 6.07) is 8.56. The Morgan fingerprint density at radius 2 is 1.86 bits per heavy atom. The van der Waals surface area contributed by atoms with Crippen molar-refractivity contribution in [3.63, 3.8) is 0 Å². The topological polar surface area (TPSA) is 144 Å². The van der Waals surface area contributed by atoms with Crippen LogP contribution in [0.3, 0.4) is 0 Å². The van der Waals surface area contributed by atoms with Crippen molar-refractivity contribution in [2.45, 2.75) is 76.2 Å². The minimum Gasteiger partial charge on any atom is -0.453 e. The summed E-state index contributed by atoms with van der Waals surface area (Å²) in [5.41, 5.74) is -0.690. The molecule has 1 N–H and O–H groups in total. The monoisotopic (exact) mass is 623 g/mol. The quantitative estimate of drug-likeness (QED) is 0.382. The van der Waals surface area contributed by atoms with E-state index in [1.807, 2.05) is 26.8 Å². The Morgan fingerprint density at radius 1 is 1.16 bits per heavy atom. The van der Waals surface area contributed by atoms with Crippen LogP contribution in [0, 0.1) is 22.6 Å². The molecule has 3 aromatic rings. The van der Waals surface area contributed by atoms with Gasteiger partial charge in [-0.1, -0.05) is 0 Å². The third-order valence-corrected chi connectivity index (χ3v) is 10.5. The van der Waals surface area contributed by atoms with Gasteiger partial charge >= 0.3 is 6.09 Å². The fraction of sp³-hybridized carbons (Fsp3) is 0.484. The molecule has 0 unspecified atom stereocenters. The highest BCUT2D eigenvalue weighted by molar-refractivity contribution is 7.93. The first-order chi connectivity index (χ1) is 20.8. The maximum Gasteiger partial charge on any atom is 0.410 e. The fourth-order valence-corrected chi connectivity index (χ4v) is 7.46. The van der Waals surface area contributed by atoms with Gasteiger partial charge in [-0.2, -0.15) is 5.26 Å². The third kappa shape index (κ3) is 5.83. The molecule has 44 heavy (non-hydrogen) atoms. The van der Waals surface area contributed by atoms with Crippen LogP contribution >= 0.6 is 0 Å². The second kappa shape index (κ2) is 10.8. The molecular formula is C31H34FN5O6S. The molecule has 1 aromatic heterocycles. The summed E-state index contributed by atoms with van der Waals surface area (Å²) in [5, 5.41) is 9.51. The van der Waals surface area contributed by atoms with Gasteiger partial charge in [0.2, 0.25) is 10.0 Å². The Morgan fingerprint density at radius 3 is 2.50 bits per heavy atom. The number of carbonyl (C=O) groups is 1. The van der Waals surface area contributed by atoms with Gasteiger partial charge in [0, 0.05) is 19.1 Å². The minimum atomic E-state index is -3.70. The van der Waals surface area contributed by atoms with Crippen molar-refractivity contribution in [3.8, 4) is 17.6 Å². The van der Waals surface area contributed by atoms with E-state index in [9.17, 15) is 27.7 Å². The number of amides is 1. The van der Waals surface area contributed by atoms with Crippen LogP contribution in [-0.4, -0.2) is 52.9 Å². The Labute approximate surface area is 254 Å². The number of fused-ring (bicyclic) bond motifs is 1. The summed E-state index contributed by atoms with van der Waals surface area (Å²) >= 11 is 0. The lowest BCUT2D eigenvalue weighted by Gasteiger charge is -2.52. The van der Waals surface area contributed by atoms with Crippen molar-refractivity contribution in [2.24, 2.45) is 5.41 Å². The lowest BCUT2D eigenvalue weighted by molar-refractivity contribution is -0.0241. The number of ether oxygens (including phenoxy) is 2. The molecule has 1 spiro atoms. The van der Waals surface area contributed by atoms with Crippen molar-refractivity contribution in [1.82, 2.24) is 14.5 Å². The zero-order chi connectivity index (χ0) is 31.4. The number of sulfonamides is 1. The van der Waals surface area contributed by atoms with Gasteiger partial charge in [-0.25, -0.2) is 22.6 Å². The van der Waals surface area contributed by atoms with Gasteiger partial charge in [0.1, 0.15) is 23.0 Å². The number of aromatic nitrogens is 2. The molecule has 1 saturated heterocycles. The average Bonchev–Trinajstić information content (AvgIpc) is 3.80.